The molecular formula is C10H18N2O. The van der Waals surface area contributed by atoms with Crippen molar-refractivity contribution in [3.8, 4) is 0 Å². The summed E-state index contributed by atoms with van der Waals surface area (Å²) in [5.41, 5.74) is 0. The van der Waals surface area contributed by atoms with Crippen LogP contribution >= 0.6 is 0 Å². The minimum Gasteiger partial charge on any atom is -0.331 e. The lowest BCUT2D eigenvalue weighted by atomic mass is 10.3. The molecule has 0 saturated carbocycles. The molecule has 1 atom stereocenters. The molecule has 0 aliphatic heterocycles. The van der Waals surface area contributed by atoms with Crippen LogP contribution in [0, 0.1) is 0 Å². The fourth-order valence-corrected chi connectivity index (χ4v) is 0.942. The van der Waals surface area contributed by atoms with Gasteiger partial charge in [-0.15, -0.1) is 13.2 Å². The van der Waals surface area contributed by atoms with Crippen molar-refractivity contribution in [2.45, 2.75) is 13.0 Å². The maximum Gasteiger partial charge on any atom is 0.320 e. The standard InChI is InChI=1S/C10H18N2O/c1-6-8-12(9(3)7-2)10(13)11(4)5/h6-7,9H,1-2,8H2,3-5H3. The molecule has 74 valence electrons. The third kappa shape index (κ3) is 3.32. The number of nitrogens with zero attached hydrogens (tertiary/aromatic N) is 2. The Morgan fingerprint density at radius 1 is 1.46 bits per heavy atom. The Morgan fingerprint density at radius 3 is 2.31 bits per heavy atom. The lowest BCUT2D eigenvalue weighted by molar-refractivity contribution is 0.169. The lowest BCUT2D eigenvalue weighted by Crippen LogP contribution is -2.43. The first-order valence-electron chi connectivity index (χ1n) is 4.26. The zero-order valence-corrected chi connectivity index (χ0v) is 8.66. The lowest BCUT2D eigenvalue weighted by Gasteiger charge is -2.28. The van der Waals surface area contributed by atoms with Crippen molar-refractivity contribution >= 4 is 6.03 Å². The van der Waals surface area contributed by atoms with Crippen molar-refractivity contribution < 1.29 is 4.79 Å². The summed E-state index contributed by atoms with van der Waals surface area (Å²) in [6.07, 6.45) is 3.45. The normalized spacial score (nSPS) is 11.6. The Morgan fingerprint density at radius 2 is 2.00 bits per heavy atom. The van der Waals surface area contributed by atoms with Crippen LogP contribution in [0.4, 0.5) is 4.79 Å². The van der Waals surface area contributed by atoms with E-state index in [1.807, 2.05) is 6.92 Å². The molecule has 0 aromatic heterocycles. The fourth-order valence-electron chi connectivity index (χ4n) is 0.942. The molecule has 0 saturated heterocycles. The molecule has 0 fully saturated rings. The van der Waals surface area contributed by atoms with E-state index in [1.54, 1.807) is 36.0 Å². The van der Waals surface area contributed by atoms with Crippen molar-refractivity contribution in [3.63, 3.8) is 0 Å². The molecule has 0 aromatic carbocycles. The van der Waals surface area contributed by atoms with Gasteiger partial charge in [0, 0.05) is 26.7 Å². The molecule has 0 aromatic rings. The maximum atomic E-state index is 11.6. The Kier molecular flexibility index (Phi) is 4.89. The van der Waals surface area contributed by atoms with Gasteiger partial charge in [0.05, 0.1) is 0 Å². The molecule has 2 amide bonds. The highest BCUT2D eigenvalue weighted by Gasteiger charge is 2.17. The molecule has 0 N–H and O–H groups in total. The molecule has 0 bridgehead atoms. The SMILES string of the molecule is C=CCN(C(=O)N(C)C)C(C)C=C. The summed E-state index contributed by atoms with van der Waals surface area (Å²) in [6.45, 7) is 9.75. The Balaban J connectivity index is 4.48. The topological polar surface area (TPSA) is 23.6 Å². The maximum absolute atomic E-state index is 11.6. The summed E-state index contributed by atoms with van der Waals surface area (Å²) in [4.78, 5) is 14.8. The van der Waals surface area contributed by atoms with E-state index in [4.69, 9.17) is 0 Å². The van der Waals surface area contributed by atoms with E-state index in [1.165, 1.54) is 0 Å². The minimum atomic E-state index is -0.0210. The quantitative estimate of drug-likeness (QED) is 0.607. The van der Waals surface area contributed by atoms with E-state index >= 15 is 0 Å². The van der Waals surface area contributed by atoms with E-state index in [9.17, 15) is 4.79 Å². The first-order chi connectivity index (χ1) is 6.04. The van der Waals surface area contributed by atoms with E-state index in [2.05, 4.69) is 13.2 Å². The van der Waals surface area contributed by atoms with Crippen molar-refractivity contribution in [1.29, 1.82) is 0 Å². The first kappa shape index (κ1) is 11.8. The number of hydrogen-bond donors (Lipinski definition) is 0. The van der Waals surface area contributed by atoms with Crippen LogP contribution in [0.1, 0.15) is 6.92 Å². The van der Waals surface area contributed by atoms with E-state index in [0.717, 1.165) is 0 Å². The van der Waals surface area contributed by atoms with Crippen LogP contribution in [-0.4, -0.2) is 42.5 Å². The van der Waals surface area contributed by atoms with Crippen molar-refractivity contribution in [3.05, 3.63) is 25.3 Å². The Labute approximate surface area is 80.3 Å². The number of hydrogen-bond acceptors (Lipinski definition) is 1. The summed E-state index contributed by atoms with van der Waals surface area (Å²) in [5, 5.41) is 0. The number of rotatable bonds is 4. The highest BCUT2D eigenvalue weighted by Crippen LogP contribution is 2.03. The predicted molar refractivity (Wildman–Crippen MR) is 55.6 cm³/mol. The third-order valence-corrected chi connectivity index (χ3v) is 1.79. The summed E-state index contributed by atoms with van der Waals surface area (Å²) in [6, 6.07) is 0.0141. The summed E-state index contributed by atoms with van der Waals surface area (Å²) in [5.74, 6) is 0. The van der Waals surface area contributed by atoms with Crippen LogP contribution in [0.5, 0.6) is 0 Å². The van der Waals surface area contributed by atoms with Gasteiger partial charge < -0.3 is 9.80 Å². The molecule has 1 unspecified atom stereocenters. The zero-order valence-electron chi connectivity index (χ0n) is 8.66. The van der Waals surface area contributed by atoms with E-state index in [-0.39, 0.29) is 12.1 Å². The predicted octanol–water partition coefficient (Wildman–Crippen LogP) is 1.73. The minimum absolute atomic E-state index is 0.0210. The monoisotopic (exact) mass is 182 g/mol. The van der Waals surface area contributed by atoms with Gasteiger partial charge in [0.1, 0.15) is 0 Å². The van der Waals surface area contributed by atoms with Gasteiger partial charge >= 0.3 is 6.03 Å². The van der Waals surface area contributed by atoms with Gasteiger partial charge in [0.25, 0.3) is 0 Å². The van der Waals surface area contributed by atoms with Crippen LogP contribution in [0.2, 0.25) is 0 Å². The van der Waals surface area contributed by atoms with Crippen LogP contribution < -0.4 is 0 Å². The highest BCUT2D eigenvalue weighted by molar-refractivity contribution is 5.74. The van der Waals surface area contributed by atoms with E-state index in [0.29, 0.717) is 6.54 Å². The Bertz CT molecular complexity index is 199. The molecule has 0 aliphatic carbocycles. The van der Waals surface area contributed by atoms with Crippen molar-refractivity contribution in [1.82, 2.24) is 9.80 Å². The van der Waals surface area contributed by atoms with Gasteiger partial charge in [-0.3, -0.25) is 0 Å². The second kappa shape index (κ2) is 5.41. The molecule has 0 heterocycles. The molecule has 3 heteroatoms. The second-order valence-corrected chi connectivity index (χ2v) is 3.09. The van der Waals surface area contributed by atoms with Crippen LogP contribution in [0.3, 0.4) is 0 Å². The van der Waals surface area contributed by atoms with Crippen LogP contribution in [-0.2, 0) is 0 Å². The van der Waals surface area contributed by atoms with Gasteiger partial charge in [-0.05, 0) is 6.92 Å². The number of carbonyl (C=O) groups excluding carboxylic acids is 1. The van der Waals surface area contributed by atoms with Gasteiger partial charge in [0.2, 0.25) is 0 Å². The van der Waals surface area contributed by atoms with Crippen LogP contribution in [0.25, 0.3) is 0 Å². The molecule has 0 rings (SSSR count). The first-order valence-corrected chi connectivity index (χ1v) is 4.26. The second-order valence-electron chi connectivity index (χ2n) is 3.09. The van der Waals surface area contributed by atoms with Crippen LogP contribution in [0.15, 0.2) is 25.3 Å². The molecule has 0 radical (unpaired) electrons. The molecule has 3 nitrogen and oxygen atoms in total. The molecular weight excluding hydrogens is 164 g/mol. The fraction of sp³-hybridized carbons (Fsp3) is 0.500. The Hall–Kier alpha value is -1.25. The van der Waals surface area contributed by atoms with Gasteiger partial charge in [-0.2, -0.15) is 0 Å². The van der Waals surface area contributed by atoms with Gasteiger partial charge in [-0.1, -0.05) is 12.2 Å². The highest BCUT2D eigenvalue weighted by atomic mass is 16.2. The average Bonchev–Trinajstić information content (AvgIpc) is 2.11. The van der Waals surface area contributed by atoms with Crippen molar-refractivity contribution in [2.24, 2.45) is 0 Å². The summed E-state index contributed by atoms with van der Waals surface area (Å²) >= 11 is 0. The number of amides is 2. The molecule has 13 heavy (non-hydrogen) atoms. The third-order valence-electron chi connectivity index (χ3n) is 1.79. The van der Waals surface area contributed by atoms with Gasteiger partial charge in [0.15, 0.2) is 0 Å². The zero-order chi connectivity index (χ0) is 10.4. The van der Waals surface area contributed by atoms with Gasteiger partial charge in [-0.25, -0.2) is 4.79 Å². The largest absolute Gasteiger partial charge is 0.331 e. The molecule has 0 aliphatic rings. The molecule has 0 spiro atoms. The smallest absolute Gasteiger partial charge is 0.320 e. The number of urea groups is 1. The summed E-state index contributed by atoms with van der Waals surface area (Å²) < 4.78 is 0. The van der Waals surface area contributed by atoms with E-state index < -0.39 is 0 Å². The number of carbonyl (C=O) groups is 1. The summed E-state index contributed by atoms with van der Waals surface area (Å²) in [7, 11) is 3.46. The average molecular weight is 182 g/mol. The van der Waals surface area contributed by atoms with Crippen molar-refractivity contribution in [2.75, 3.05) is 20.6 Å².